The summed E-state index contributed by atoms with van der Waals surface area (Å²) in [5.41, 5.74) is 8.96. The molecule has 2 aliphatic heterocycles. The minimum absolute atomic E-state index is 0.00480. The van der Waals surface area contributed by atoms with Crippen molar-refractivity contribution in [1.82, 2.24) is 15.5 Å². The van der Waals surface area contributed by atoms with E-state index in [1.54, 1.807) is 30.3 Å². The SMILES string of the molecule is COc1cc(C(=O)N[C@H]2CCC[C@@H](C#Cc3cccc4c3CN(C3CCC(=O)NC3=O)C4=O)C2)ccc1N. The monoisotopic (exact) mass is 514 g/mol. The average molecular weight is 515 g/mol. The van der Waals surface area contributed by atoms with E-state index in [0.29, 0.717) is 35.5 Å². The molecule has 9 heteroatoms. The Morgan fingerprint density at radius 3 is 2.79 bits per heavy atom. The standard InChI is InChI=1S/C29H30N4O5/c1-38-25-15-19(10-11-23(25)30)27(35)31-20-6-2-4-17(14-20)8-9-18-5-3-7-21-22(18)16-33(29(21)37)24-12-13-26(34)32-28(24)36/h3,5,7,10-11,15,17,20,24H,2,4,6,12-14,16,30H2,1H3,(H,31,35)(H,32,34,36)/t17-,20-,24?/m0/s1. The van der Waals surface area contributed by atoms with E-state index >= 15 is 0 Å². The van der Waals surface area contributed by atoms with Crippen molar-refractivity contribution >= 4 is 29.3 Å². The maximum atomic E-state index is 13.1. The lowest BCUT2D eigenvalue weighted by molar-refractivity contribution is -0.136. The van der Waals surface area contributed by atoms with Crippen LogP contribution in [0.4, 0.5) is 5.69 Å². The first kappa shape index (κ1) is 25.3. The maximum Gasteiger partial charge on any atom is 0.255 e. The Morgan fingerprint density at radius 1 is 1.16 bits per heavy atom. The van der Waals surface area contributed by atoms with Crippen LogP contribution in [0.25, 0.3) is 0 Å². The Hall–Kier alpha value is -4.32. The highest BCUT2D eigenvalue weighted by molar-refractivity contribution is 6.05. The molecule has 4 amide bonds. The van der Waals surface area contributed by atoms with Gasteiger partial charge in [0, 0.05) is 41.6 Å². The van der Waals surface area contributed by atoms with Crippen LogP contribution in [0.3, 0.4) is 0 Å². The molecule has 38 heavy (non-hydrogen) atoms. The van der Waals surface area contributed by atoms with Gasteiger partial charge >= 0.3 is 0 Å². The van der Waals surface area contributed by atoms with Crippen LogP contribution in [0.5, 0.6) is 5.75 Å². The number of hydrogen-bond acceptors (Lipinski definition) is 6. The summed E-state index contributed by atoms with van der Waals surface area (Å²) in [6.07, 6.45) is 4.04. The van der Waals surface area contributed by atoms with Gasteiger partial charge < -0.3 is 20.7 Å². The van der Waals surface area contributed by atoms with Crippen LogP contribution < -0.4 is 21.1 Å². The molecule has 4 N–H and O–H groups in total. The number of ether oxygens (including phenoxy) is 1. The smallest absolute Gasteiger partial charge is 0.255 e. The highest BCUT2D eigenvalue weighted by atomic mass is 16.5. The van der Waals surface area contributed by atoms with Crippen LogP contribution in [0, 0.1) is 17.8 Å². The summed E-state index contributed by atoms with van der Waals surface area (Å²) in [6.45, 7) is 0.291. The number of nitrogens with one attached hydrogen (secondary N) is 2. The molecule has 2 heterocycles. The van der Waals surface area contributed by atoms with Gasteiger partial charge in [0.25, 0.3) is 11.8 Å². The van der Waals surface area contributed by atoms with Crippen molar-refractivity contribution in [2.45, 2.75) is 57.2 Å². The van der Waals surface area contributed by atoms with Crippen molar-refractivity contribution < 1.29 is 23.9 Å². The summed E-state index contributed by atoms with van der Waals surface area (Å²) in [6, 6.07) is 9.79. The molecule has 5 rings (SSSR count). The van der Waals surface area contributed by atoms with Gasteiger partial charge in [-0.25, -0.2) is 0 Å². The van der Waals surface area contributed by atoms with Gasteiger partial charge in [-0.2, -0.15) is 0 Å². The van der Waals surface area contributed by atoms with Crippen molar-refractivity contribution in [2.75, 3.05) is 12.8 Å². The van der Waals surface area contributed by atoms with Gasteiger partial charge in [0.1, 0.15) is 11.8 Å². The van der Waals surface area contributed by atoms with E-state index in [4.69, 9.17) is 10.5 Å². The molecule has 1 saturated heterocycles. The van der Waals surface area contributed by atoms with Crippen molar-refractivity contribution in [1.29, 1.82) is 0 Å². The predicted molar refractivity (Wildman–Crippen MR) is 140 cm³/mol. The number of nitrogen functional groups attached to an aromatic ring is 1. The largest absolute Gasteiger partial charge is 0.495 e. The minimum Gasteiger partial charge on any atom is -0.495 e. The van der Waals surface area contributed by atoms with E-state index in [9.17, 15) is 19.2 Å². The Balaban J connectivity index is 1.26. The highest BCUT2D eigenvalue weighted by Gasteiger charge is 2.39. The molecule has 9 nitrogen and oxygen atoms in total. The quantitative estimate of drug-likeness (QED) is 0.326. The number of fused-ring (bicyclic) bond motifs is 1. The fourth-order valence-electron chi connectivity index (χ4n) is 5.46. The summed E-state index contributed by atoms with van der Waals surface area (Å²) in [7, 11) is 1.52. The van der Waals surface area contributed by atoms with E-state index < -0.39 is 11.9 Å². The molecule has 0 radical (unpaired) electrons. The predicted octanol–water partition coefficient (Wildman–Crippen LogP) is 2.38. The summed E-state index contributed by atoms with van der Waals surface area (Å²) in [4.78, 5) is 51.3. The number of hydrogen-bond donors (Lipinski definition) is 3. The fourth-order valence-corrected chi connectivity index (χ4v) is 5.46. The number of imide groups is 1. The molecule has 1 aliphatic carbocycles. The molecule has 2 fully saturated rings. The van der Waals surface area contributed by atoms with E-state index in [1.165, 1.54) is 12.0 Å². The zero-order valence-corrected chi connectivity index (χ0v) is 21.2. The number of amides is 4. The fraction of sp³-hybridized carbons (Fsp3) is 0.379. The summed E-state index contributed by atoms with van der Waals surface area (Å²) >= 11 is 0. The van der Waals surface area contributed by atoms with E-state index in [0.717, 1.165) is 36.8 Å². The third kappa shape index (κ3) is 5.07. The first-order valence-electron chi connectivity index (χ1n) is 12.9. The lowest BCUT2D eigenvalue weighted by atomic mass is 9.85. The van der Waals surface area contributed by atoms with Crippen LogP contribution >= 0.6 is 0 Å². The first-order chi connectivity index (χ1) is 18.3. The number of rotatable bonds is 4. The molecule has 2 aromatic rings. The molecule has 0 aromatic heterocycles. The molecular formula is C29H30N4O5. The topological polar surface area (TPSA) is 131 Å². The number of carbonyl (C=O) groups is 4. The lowest BCUT2D eigenvalue weighted by Crippen LogP contribution is -2.52. The summed E-state index contributed by atoms with van der Waals surface area (Å²) in [5, 5.41) is 5.45. The summed E-state index contributed by atoms with van der Waals surface area (Å²) < 4.78 is 5.23. The Bertz CT molecular complexity index is 1370. The van der Waals surface area contributed by atoms with Crippen LogP contribution in [0.15, 0.2) is 36.4 Å². The van der Waals surface area contributed by atoms with Gasteiger partial charge in [0.05, 0.1) is 12.8 Å². The molecule has 3 atom stereocenters. The van der Waals surface area contributed by atoms with Crippen LogP contribution in [-0.4, -0.2) is 47.7 Å². The molecular weight excluding hydrogens is 484 g/mol. The molecule has 3 aliphatic rings. The van der Waals surface area contributed by atoms with Gasteiger partial charge in [-0.1, -0.05) is 24.3 Å². The second-order valence-electron chi connectivity index (χ2n) is 9.99. The van der Waals surface area contributed by atoms with Crippen LogP contribution in [0.1, 0.15) is 70.4 Å². The van der Waals surface area contributed by atoms with E-state index in [-0.39, 0.29) is 36.1 Å². The van der Waals surface area contributed by atoms with Gasteiger partial charge in [-0.05, 0) is 61.6 Å². The zero-order valence-electron chi connectivity index (χ0n) is 21.2. The van der Waals surface area contributed by atoms with Gasteiger partial charge in [-0.3, -0.25) is 24.5 Å². The molecule has 2 aromatic carbocycles. The third-order valence-electron chi connectivity index (χ3n) is 7.50. The number of carbonyl (C=O) groups excluding carboxylic acids is 4. The van der Waals surface area contributed by atoms with Gasteiger partial charge in [-0.15, -0.1) is 0 Å². The molecule has 0 spiro atoms. The van der Waals surface area contributed by atoms with Crippen molar-refractivity contribution in [3.63, 3.8) is 0 Å². The van der Waals surface area contributed by atoms with Crippen molar-refractivity contribution in [3.8, 4) is 17.6 Å². The molecule has 1 saturated carbocycles. The normalized spacial score (nSPS) is 22.7. The number of anilines is 1. The summed E-state index contributed by atoms with van der Waals surface area (Å²) in [5.74, 6) is 6.10. The second-order valence-corrected chi connectivity index (χ2v) is 9.99. The number of methoxy groups -OCH3 is 1. The highest BCUT2D eigenvalue weighted by Crippen LogP contribution is 2.30. The van der Waals surface area contributed by atoms with Crippen LogP contribution in [-0.2, 0) is 16.1 Å². The lowest BCUT2D eigenvalue weighted by Gasteiger charge is -2.29. The maximum absolute atomic E-state index is 13.1. The van der Waals surface area contributed by atoms with Crippen LogP contribution in [0.2, 0.25) is 0 Å². The number of nitrogens with two attached hydrogens (primary N) is 1. The van der Waals surface area contributed by atoms with Gasteiger partial charge in [0.2, 0.25) is 11.8 Å². The number of benzene rings is 2. The minimum atomic E-state index is -0.655. The second kappa shape index (κ2) is 10.6. The molecule has 196 valence electrons. The van der Waals surface area contributed by atoms with Crippen molar-refractivity contribution in [2.24, 2.45) is 5.92 Å². The van der Waals surface area contributed by atoms with E-state index in [2.05, 4.69) is 22.5 Å². The zero-order chi connectivity index (χ0) is 26.8. The third-order valence-corrected chi connectivity index (χ3v) is 7.50. The first-order valence-corrected chi connectivity index (χ1v) is 12.9. The Labute approximate surface area is 221 Å². The number of nitrogens with zero attached hydrogens (tertiary/aromatic N) is 1. The molecule has 1 unspecified atom stereocenters. The van der Waals surface area contributed by atoms with E-state index in [1.807, 2.05) is 6.07 Å². The molecule has 0 bridgehead atoms. The number of piperidine rings is 1. The Kier molecular flexibility index (Phi) is 7.05. The average Bonchev–Trinajstić information content (AvgIpc) is 3.24. The van der Waals surface area contributed by atoms with Gasteiger partial charge in [0.15, 0.2) is 0 Å². The van der Waals surface area contributed by atoms with Crippen molar-refractivity contribution in [3.05, 3.63) is 58.7 Å². The Morgan fingerprint density at radius 2 is 2.00 bits per heavy atom.